The fourth-order valence-electron chi connectivity index (χ4n) is 5.09. The predicted octanol–water partition coefficient (Wildman–Crippen LogP) is 8.77. The monoisotopic (exact) mass is 673 g/mol. The lowest BCUT2D eigenvalue weighted by molar-refractivity contribution is -0.870. The van der Waals surface area contributed by atoms with E-state index in [4.69, 9.17) is 9.05 Å². The molecule has 0 heterocycles. The number of nitrogens with zero attached hydrogens (tertiary/aromatic N) is 1. The quantitative estimate of drug-likeness (QED) is 0.0312. The average Bonchev–Trinajstić information content (AvgIpc) is 2.99. The summed E-state index contributed by atoms with van der Waals surface area (Å²) in [6.45, 7) is 4.57. The Hall–Kier alpha value is -1.02. The lowest BCUT2D eigenvalue weighted by atomic mass is 10.1. The molecule has 0 aliphatic rings. The molecule has 272 valence electrons. The third-order valence-electron chi connectivity index (χ3n) is 8.16. The highest BCUT2D eigenvalue weighted by Crippen LogP contribution is 2.38. The molecular weight excluding hydrogens is 599 g/mol. The van der Waals surface area contributed by atoms with Gasteiger partial charge in [0.15, 0.2) is 0 Å². The summed E-state index contributed by atoms with van der Waals surface area (Å²) in [5, 5.41) is 13.6. The van der Waals surface area contributed by atoms with Crippen molar-refractivity contribution in [1.82, 2.24) is 5.32 Å². The van der Waals surface area contributed by atoms with Crippen LogP contribution in [0.1, 0.15) is 155 Å². The van der Waals surface area contributed by atoms with Gasteiger partial charge in [-0.3, -0.25) is 9.36 Å². The Morgan fingerprint density at radius 1 is 0.739 bits per heavy atom. The van der Waals surface area contributed by atoms with Crippen molar-refractivity contribution in [3.63, 3.8) is 0 Å². The van der Waals surface area contributed by atoms with E-state index >= 15 is 0 Å². The van der Waals surface area contributed by atoms with Crippen molar-refractivity contribution >= 4 is 13.7 Å². The number of unbranched alkanes of at least 4 members (excludes halogenated alkanes) is 18. The van der Waals surface area contributed by atoms with Crippen molar-refractivity contribution in [3.05, 3.63) is 24.3 Å². The minimum Gasteiger partial charge on any atom is -0.756 e. The Morgan fingerprint density at radius 2 is 1.20 bits per heavy atom. The van der Waals surface area contributed by atoms with Crippen LogP contribution in [0.4, 0.5) is 0 Å². The molecule has 0 radical (unpaired) electrons. The minimum absolute atomic E-state index is 0.00154. The maximum absolute atomic E-state index is 12.7. The largest absolute Gasteiger partial charge is 0.756 e. The van der Waals surface area contributed by atoms with Crippen LogP contribution in [0.5, 0.6) is 0 Å². The zero-order valence-corrected chi connectivity index (χ0v) is 31.4. The van der Waals surface area contributed by atoms with Crippen LogP contribution >= 0.6 is 7.82 Å². The minimum atomic E-state index is -4.57. The first kappa shape index (κ1) is 45.0. The van der Waals surface area contributed by atoms with E-state index in [1.165, 1.54) is 96.3 Å². The molecule has 0 aromatic rings. The van der Waals surface area contributed by atoms with Gasteiger partial charge in [0.1, 0.15) is 13.2 Å². The second-order valence-electron chi connectivity index (χ2n) is 13.9. The van der Waals surface area contributed by atoms with E-state index in [1.807, 2.05) is 27.2 Å². The number of amides is 1. The standard InChI is InChI=1S/C37H73N2O6P/c1-6-8-10-12-14-16-17-18-19-20-21-23-25-27-29-31-37(41)38-35(34-45-46(42,43)44-33-32-39(3,4)5)36(40)30-28-26-24-22-15-13-11-9-7-2/h16-17,28,30,35-36,40H,6-15,18-27,29,31-34H2,1-5H3,(H-,38,41,42,43)/b17-16-,30-28+. The Labute approximate surface area is 284 Å². The molecule has 0 aromatic carbocycles. The number of phosphoric acid groups is 1. The van der Waals surface area contributed by atoms with Gasteiger partial charge in [-0.2, -0.15) is 0 Å². The molecule has 0 saturated heterocycles. The fourth-order valence-corrected chi connectivity index (χ4v) is 5.81. The maximum Gasteiger partial charge on any atom is 0.268 e. The number of phosphoric ester groups is 1. The summed E-state index contributed by atoms with van der Waals surface area (Å²) in [6, 6.07) is -0.882. The molecule has 0 aromatic heterocycles. The van der Waals surface area contributed by atoms with Crippen molar-refractivity contribution in [2.75, 3.05) is 40.9 Å². The molecule has 3 unspecified atom stereocenters. The molecule has 0 bridgehead atoms. The lowest BCUT2D eigenvalue weighted by Gasteiger charge is -2.29. The summed E-state index contributed by atoms with van der Waals surface area (Å²) in [5.41, 5.74) is 0. The van der Waals surface area contributed by atoms with Crippen LogP contribution in [-0.2, 0) is 18.4 Å². The van der Waals surface area contributed by atoms with E-state index in [0.29, 0.717) is 17.4 Å². The Bertz CT molecular complexity index is 814. The summed E-state index contributed by atoms with van der Waals surface area (Å²) in [6.07, 6.45) is 32.2. The van der Waals surface area contributed by atoms with Crippen LogP contribution in [0.25, 0.3) is 0 Å². The Morgan fingerprint density at radius 3 is 1.72 bits per heavy atom. The maximum atomic E-state index is 12.7. The molecule has 0 rings (SSSR count). The topological polar surface area (TPSA) is 108 Å². The van der Waals surface area contributed by atoms with Crippen molar-refractivity contribution < 1.29 is 32.9 Å². The van der Waals surface area contributed by atoms with Crippen LogP contribution < -0.4 is 10.2 Å². The van der Waals surface area contributed by atoms with Crippen LogP contribution in [0.3, 0.4) is 0 Å². The molecular formula is C37H73N2O6P. The smallest absolute Gasteiger partial charge is 0.268 e. The van der Waals surface area contributed by atoms with Gasteiger partial charge in [0.2, 0.25) is 5.91 Å². The number of likely N-dealkylation sites (N-methyl/N-ethyl adjacent to an activating group) is 1. The highest BCUT2D eigenvalue weighted by atomic mass is 31.2. The van der Waals surface area contributed by atoms with Gasteiger partial charge < -0.3 is 28.8 Å². The van der Waals surface area contributed by atoms with Crippen LogP contribution in [0, 0.1) is 0 Å². The summed E-state index contributed by atoms with van der Waals surface area (Å²) in [4.78, 5) is 25.1. The summed E-state index contributed by atoms with van der Waals surface area (Å²) < 4.78 is 23.0. The number of hydrogen-bond donors (Lipinski definition) is 2. The normalized spacial score (nSPS) is 15.0. The SMILES string of the molecule is CCCCCC/C=C\CCCCCCCCCC(=O)NC(COP(=O)([O-])OCC[N+](C)(C)C)C(O)/C=C/CCCCCCCCC. The van der Waals surface area contributed by atoms with E-state index in [2.05, 4.69) is 31.3 Å². The number of carbonyl (C=O) groups excluding carboxylic acids is 1. The molecule has 0 aliphatic carbocycles. The molecule has 46 heavy (non-hydrogen) atoms. The number of allylic oxidation sites excluding steroid dienone is 3. The molecule has 9 heteroatoms. The van der Waals surface area contributed by atoms with E-state index in [9.17, 15) is 19.4 Å². The molecule has 0 spiro atoms. The van der Waals surface area contributed by atoms with Gasteiger partial charge in [-0.15, -0.1) is 0 Å². The summed E-state index contributed by atoms with van der Waals surface area (Å²) in [5.74, 6) is -0.207. The number of rotatable bonds is 33. The van der Waals surface area contributed by atoms with Gasteiger partial charge >= 0.3 is 0 Å². The van der Waals surface area contributed by atoms with E-state index in [0.717, 1.165) is 38.5 Å². The van der Waals surface area contributed by atoms with Gasteiger partial charge in [-0.1, -0.05) is 128 Å². The fraction of sp³-hybridized carbons (Fsp3) is 0.865. The predicted molar refractivity (Wildman–Crippen MR) is 192 cm³/mol. The lowest BCUT2D eigenvalue weighted by Crippen LogP contribution is -2.45. The van der Waals surface area contributed by atoms with Crippen LogP contribution in [0.2, 0.25) is 0 Å². The number of aliphatic hydroxyl groups excluding tert-OH is 1. The molecule has 8 nitrogen and oxygen atoms in total. The third kappa shape index (κ3) is 31.6. The van der Waals surface area contributed by atoms with Gasteiger partial charge in [-0.25, -0.2) is 0 Å². The number of quaternary nitrogens is 1. The second kappa shape index (κ2) is 30.1. The molecule has 0 fully saturated rings. The van der Waals surface area contributed by atoms with Crippen molar-refractivity contribution in [3.8, 4) is 0 Å². The van der Waals surface area contributed by atoms with Crippen LogP contribution in [-0.4, -0.2) is 68.5 Å². The molecule has 3 atom stereocenters. The molecule has 0 aliphatic heterocycles. The molecule has 2 N–H and O–H groups in total. The van der Waals surface area contributed by atoms with Gasteiger partial charge in [0.25, 0.3) is 7.82 Å². The zero-order chi connectivity index (χ0) is 34.4. The zero-order valence-electron chi connectivity index (χ0n) is 30.5. The first-order valence-electron chi connectivity index (χ1n) is 18.7. The van der Waals surface area contributed by atoms with Crippen molar-refractivity contribution in [1.29, 1.82) is 0 Å². The molecule has 0 saturated carbocycles. The average molecular weight is 673 g/mol. The Kier molecular flexibility index (Phi) is 29.4. The van der Waals surface area contributed by atoms with Gasteiger partial charge in [-0.05, 0) is 44.9 Å². The number of carbonyl (C=O) groups is 1. The number of aliphatic hydroxyl groups is 1. The van der Waals surface area contributed by atoms with Crippen molar-refractivity contribution in [2.45, 2.75) is 167 Å². The Balaban J connectivity index is 4.49. The third-order valence-corrected chi connectivity index (χ3v) is 9.12. The second-order valence-corrected chi connectivity index (χ2v) is 15.3. The highest BCUT2D eigenvalue weighted by molar-refractivity contribution is 7.45. The number of nitrogens with one attached hydrogen (secondary N) is 1. The van der Waals surface area contributed by atoms with Gasteiger partial charge in [0, 0.05) is 6.42 Å². The molecule has 1 amide bonds. The van der Waals surface area contributed by atoms with Crippen LogP contribution in [0.15, 0.2) is 24.3 Å². The summed E-state index contributed by atoms with van der Waals surface area (Å²) >= 11 is 0. The van der Waals surface area contributed by atoms with E-state index in [-0.39, 0.29) is 19.1 Å². The van der Waals surface area contributed by atoms with E-state index < -0.39 is 20.0 Å². The van der Waals surface area contributed by atoms with E-state index in [1.54, 1.807) is 6.08 Å². The summed E-state index contributed by atoms with van der Waals surface area (Å²) in [7, 11) is 1.25. The number of hydrogen-bond acceptors (Lipinski definition) is 6. The van der Waals surface area contributed by atoms with Crippen molar-refractivity contribution in [2.24, 2.45) is 0 Å². The first-order valence-corrected chi connectivity index (χ1v) is 20.2. The first-order chi connectivity index (χ1) is 22.0. The van der Waals surface area contributed by atoms with Gasteiger partial charge in [0.05, 0.1) is 39.9 Å². The highest BCUT2D eigenvalue weighted by Gasteiger charge is 2.23.